The zero-order valence-electron chi connectivity index (χ0n) is 12.5. The Balaban J connectivity index is 1.94. The van der Waals surface area contributed by atoms with Gasteiger partial charge in [-0.25, -0.2) is 0 Å². The van der Waals surface area contributed by atoms with Gasteiger partial charge < -0.3 is 9.32 Å². The number of aryl methyl sites for hydroxylation is 1. The van der Waals surface area contributed by atoms with E-state index in [2.05, 4.69) is 0 Å². The first-order chi connectivity index (χ1) is 9.99. The highest BCUT2D eigenvalue weighted by atomic mass is 16.3. The van der Waals surface area contributed by atoms with Gasteiger partial charge in [-0.1, -0.05) is 0 Å². The minimum Gasteiger partial charge on any atom is -0.456 e. The summed E-state index contributed by atoms with van der Waals surface area (Å²) < 4.78 is 8.88. The lowest BCUT2D eigenvalue weighted by atomic mass is 10.2. The normalized spacial score (nSPS) is 14.9. The fourth-order valence-electron chi connectivity index (χ4n) is 2.89. The predicted octanol–water partition coefficient (Wildman–Crippen LogP) is 1.21. The second-order valence-electron chi connectivity index (χ2n) is 5.52. The summed E-state index contributed by atoms with van der Waals surface area (Å²) in [6.45, 7) is 2.79. The Morgan fingerprint density at radius 1 is 1.24 bits per heavy atom. The molecule has 0 radical (unpaired) electrons. The molecule has 0 saturated carbocycles. The first-order valence-electron chi connectivity index (χ1n) is 7.08. The first-order valence-corrected chi connectivity index (χ1v) is 7.08. The second kappa shape index (κ2) is 4.95. The molecule has 3 rings (SSSR count). The van der Waals surface area contributed by atoms with Crippen LogP contribution >= 0.6 is 0 Å². The van der Waals surface area contributed by atoms with Gasteiger partial charge in [0, 0.05) is 26.3 Å². The lowest BCUT2D eigenvalue weighted by molar-refractivity contribution is 0.0711. The van der Waals surface area contributed by atoms with E-state index >= 15 is 0 Å². The summed E-state index contributed by atoms with van der Waals surface area (Å²) in [6.07, 6.45) is 1.65. The average Bonchev–Trinajstić information content (AvgIpc) is 2.87. The molecule has 2 aromatic rings. The van der Waals surface area contributed by atoms with Crippen molar-refractivity contribution in [3.05, 3.63) is 45.3 Å². The maximum Gasteiger partial charge on any atom is 0.289 e. The minimum absolute atomic E-state index is 0.0252. The van der Waals surface area contributed by atoms with Crippen molar-refractivity contribution in [1.29, 1.82) is 0 Å². The summed E-state index contributed by atoms with van der Waals surface area (Å²) in [5, 5.41) is 0. The number of carbonyl (C=O) groups is 1. The van der Waals surface area contributed by atoms with Crippen molar-refractivity contribution < 1.29 is 9.21 Å². The number of amides is 1. The molecule has 0 aromatic carbocycles. The summed E-state index contributed by atoms with van der Waals surface area (Å²) in [4.78, 5) is 26.5. The van der Waals surface area contributed by atoms with E-state index in [0.29, 0.717) is 30.2 Å². The number of aromatic nitrogens is 2. The maximum atomic E-state index is 12.5. The molecule has 0 aliphatic carbocycles. The standard InChI is InChI=1S/C15H19N3O3/c1-10-6-7-13(21-10)15(20)18-8-4-5-12-11(9-18)14(19)17(3)16(12)2/h6-7H,4-5,8-9H2,1-3H3. The molecule has 0 spiro atoms. The van der Waals surface area contributed by atoms with E-state index in [0.717, 1.165) is 18.5 Å². The van der Waals surface area contributed by atoms with Crippen molar-refractivity contribution in [3.63, 3.8) is 0 Å². The van der Waals surface area contributed by atoms with Crippen molar-refractivity contribution in [1.82, 2.24) is 14.3 Å². The molecular formula is C15H19N3O3. The Morgan fingerprint density at radius 3 is 2.67 bits per heavy atom. The molecule has 0 fully saturated rings. The van der Waals surface area contributed by atoms with Crippen LogP contribution in [0.25, 0.3) is 0 Å². The van der Waals surface area contributed by atoms with E-state index in [9.17, 15) is 9.59 Å². The van der Waals surface area contributed by atoms with Gasteiger partial charge in [0.2, 0.25) is 0 Å². The molecule has 0 unspecified atom stereocenters. The van der Waals surface area contributed by atoms with Gasteiger partial charge in [-0.05, 0) is 31.9 Å². The number of hydrogen-bond acceptors (Lipinski definition) is 3. The van der Waals surface area contributed by atoms with Crippen LogP contribution in [0, 0.1) is 6.92 Å². The van der Waals surface area contributed by atoms with Crippen LogP contribution in [0.15, 0.2) is 21.3 Å². The van der Waals surface area contributed by atoms with Crippen molar-refractivity contribution in [2.24, 2.45) is 14.1 Å². The largest absolute Gasteiger partial charge is 0.456 e. The number of hydrogen-bond donors (Lipinski definition) is 0. The molecule has 1 aliphatic heterocycles. The van der Waals surface area contributed by atoms with Crippen LogP contribution in [0.4, 0.5) is 0 Å². The number of rotatable bonds is 1. The fraction of sp³-hybridized carbons (Fsp3) is 0.467. The molecule has 21 heavy (non-hydrogen) atoms. The number of fused-ring (bicyclic) bond motifs is 1. The molecule has 2 aromatic heterocycles. The molecule has 3 heterocycles. The first kappa shape index (κ1) is 13.7. The Morgan fingerprint density at radius 2 is 2.00 bits per heavy atom. The van der Waals surface area contributed by atoms with E-state index in [-0.39, 0.29) is 11.5 Å². The molecule has 6 nitrogen and oxygen atoms in total. The van der Waals surface area contributed by atoms with Gasteiger partial charge in [0.15, 0.2) is 5.76 Å². The Hall–Kier alpha value is -2.24. The van der Waals surface area contributed by atoms with Crippen LogP contribution in [0.5, 0.6) is 0 Å². The van der Waals surface area contributed by atoms with Crippen molar-refractivity contribution in [3.8, 4) is 0 Å². The molecule has 0 N–H and O–H groups in total. The van der Waals surface area contributed by atoms with Crippen LogP contribution < -0.4 is 5.56 Å². The minimum atomic E-state index is -0.151. The molecule has 0 atom stereocenters. The van der Waals surface area contributed by atoms with Crippen LogP contribution in [-0.2, 0) is 27.1 Å². The van der Waals surface area contributed by atoms with E-state index in [1.54, 1.807) is 28.8 Å². The Kier molecular flexibility index (Phi) is 3.23. The van der Waals surface area contributed by atoms with Crippen LogP contribution in [0.1, 0.15) is 34.0 Å². The van der Waals surface area contributed by atoms with E-state index in [4.69, 9.17) is 4.42 Å². The Bertz CT molecular complexity index is 751. The molecule has 112 valence electrons. The highest BCUT2D eigenvalue weighted by Gasteiger charge is 2.26. The third kappa shape index (κ3) is 2.20. The zero-order valence-corrected chi connectivity index (χ0v) is 12.5. The highest BCUT2D eigenvalue weighted by molar-refractivity contribution is 5.91. The highest BCUT2D eigenvalue weighted by Crippen LogP contribution is 2.18. The van der Waals surface area contributed by atoms with Crippen molar-refractivity contribution in [2.75, 3.05) is 6.54 Å². The molecule has 0 saturated heterocycles. The predicted molar refractivity (Wildman–Crippen MR) is 77.2 cm³/mol. The van der Waals surface area contributed by atoms with Crippen molar-refractivity contribution in [2.45, 2.75) is 26.3 Å². The second-order valence-corrected chi connectivity index (χ2v) is 5.52. The van der Waals surface area contributed by atoms with Gasteiger partial charge in [0.25, 0.3) is 11.5 Å². The van der Waals surface area contributed by atoms with Gasteiger partial charge in [-0.2, -0.15) is 0 Å². The topological polar surface area (TPSA) is 60.4 Å². The van der Waals surface area contributed by atoms with Gasteiger partial charge in [-0.3, -0.25) is 19.0 Å². The lowest BCUT2D eigenvalue weighted by Crippen LogP contribution is -2.32. The SMILES string of the molecule is Cc1ccc(C(=O)N2CCCc3c(c(=O)n(C)n3C)C2)o1. The summed E-state index contributed by atoms with van der Waals surface area (Å²) >= 11 is 0. The third-order valence-corrected chi connectivity index (χ3v) is 4.17. The third-order valence-electron chi connectivity index (χ3n) is 4.17. The molecule has 1 aliphatic rings. The Labute approximate surface area is 122 Å². The average molecular weight is 289 g/mol. The van der Waals surface area contributed by atoms with E-state index < -0.39 is 0 Å². The van der Waals surface area contributed by atoms with Gasteiger partial charge in [0.05, 0.1) is 12.1 Å². The van der Waals surface area contributed by atoms with Gasteiger partial charge >= 0.3 is 0 Å². The van der Waals surface area contributed by atoms with Gasteiger partial charge in [-0.15, -0.1) is 0 Å². The van der Waals surface area contributed by atoms with Crippen LogP contribution in [0.3, 0.4) is 0 Å². The molecular weight excluding hydrogens is 270 g/mol. The smallest absolute Gasteiger partial charge is 0.289 e. The van der Waals surface area contributed by atoms with Crippen LogP contribution in [-0.4, -0.2) is 26.7 Å². The lowest BCUT2D eigenvalue weighted by Gasteiger charge is -2.18. The summed E-state index contributed by atoms with van der Waals surface area (Å²) in [7, 11) is 3.63. The zero-order chi connectivity index (χ0) is 15.1. The summed E-state index contributed by atoms with van der Waals surface area (Å²) in [5.74, 6) is 0.898. The van der Waals surface area contributed by atoms with E-state index in [1.807, 2.05) is 18.7 Å². The number of furan rings is 1. The summed E-state index contributed by atoms with van der Waals surface area (Å²) in [5.41, 5.74) is 1.71. The monoisotopic (exact) mass is 289 g/mol. The van der Waals surface area contributed by atoms with Gasteiger partial charge in [0.1, 0.15) is 5.76 Å². The summed E-state index contributed by atoms with van der Waals surface area (Å²) in [6, 6.07) is 3.46. The quantitative estimate of drug-likeness (QED) is 0.793. The maximum absolute atomic E-state index is 12.5. The molecule has 1 amide bonds. The van der Waals surface area contributed by atoms with Crippen LogP contribution in [0.2, 0.25) is 0 Å². The van der Waals surface area contributed by atoms with E-state index in [1.165, 1.54) is 0 Å². The van der Waals surface area contributed by atoms with Crippen molar-refractivity contribution >= 4 is 5.91 Å². The number of nitrogens with zero attached hydrogens (tertiary/aromatic N) is 3. The fourth-order valence-corrected chi connectivity index (χ4v) is 2.89. The molecule has 0 bridgehead atoms. The number of carbonyl (C=O) groups excluding carboxylic acids is 1. The molecule has 6 heteroatoms.